The highest BCUT2D eigenvalue weighted by Gasteiger charge is 2.37. The van der Waals surface area contributed by atoms with Crippen LogP contribution in [0.2, 0.25) is 5.02 Å². The van der Waals surface area contributed by atoms with E-state index < -0.39 is 10.8 Å². The standard InChI is InChI=1S/C23H30ClN3O2S/c1-30(29)20-15-18-6-3-14-27(13-2-5-17-7-9-19(24)10-8-17)22(18)25-21(20)26-23(16-28)11-4-12-23/h7-10,15,28H,2-6,11-14,16H2,1H3,(H,25,26)/t30-/m0/s1. The van der Waals surface area contributed by atoms with Gasteiger partial charge in [-0.2, -0.15) is 0 Å². The number of fused-ring (bicyclic) bond motifs is 1. The van der Waals surface area contributed by atoms with Crippen molar-refractivity contribution in [3.63, 3.8) is 0 Å². The average Bonchev–Trinajstić information content (AvgIpc) is 2.71. The van der Waals surface area contributed by atoms with E-state index in [1.54, 1.807) is 6.26 Å². The third-order valence-electron chi connectivity index (χ3n) is 6.33. The Hall–Kier alpha value is -1.63. The Morgan fingerprint density at radius 3 is 2.67 bits per heavy atom. The third-order valence-corrected chi connectivity index (χ3v) is 7.51. The molecule has 0 saturated heterocycles. The van der Waals surface area contributed by atoms with Gasteiger partial charge in [-0.1, -0.05) is 23.7 Å². The van der Waals surface area contributed by atoms with Crippen LogP contribution >= 0.6 is 11.6 Å². The van der Waals surface area contributed by atoms with E-state index in [1.807, 2.05) is 12.1 Å². The fourth-order valence-corrected chi connectivity index (χ4v) is 5.18. The molecule has 2 aromatic rings. The summed E-state index contributed by atoms with van der Waals surface area (Å²) < 4.78 is 12.4. The summed E-state index contributed by atoms with van der Waals surface area (Å²) in [5.74, 6) is 1.68. The summed E-state index contributed by atoms with van der Waals surface area (Å²) >= 11 is 5.98. The zero-order valence-electron chi connectivity index (χ0n) is 17.5. The molecule has 1 fully saturated rings. The van der Waals surface area contributed by atoms with Gasteiger partial charge in [-0.05, 0) is 74.3 Å². The first-order valence-corrected chi connectivity index (χ1v) is 12.7. The molecule has 0 amide bonds. The minimum absolute atomic E-state index is 0.0758. The topological polar surface area (TPSA) is 65.5 Å². The molecule has 1 aliphatic heterocycles. The Bertz CT molecular complexity index is 910. The molecule has 1 aliphatic carbocycles. The van der Waals surface area contributed by atoms with Crippen molar-refractivity contribution in [2.24, 2.45) is 0 Å². The van der Waals surface area contributed by atoms with Crippen molar-refractivity contribution in [3.8, 4) is 0 Å². The molecule has 7 heteroatoms. The highest BCUT2D eigenvalue weighted by Crippen LogP contribution is 2.38. The maximum absolute atomic E-state index is 12.4. The lowest BCUT2D eigenvalue weighted by atomic mass is 9.77. The first-order valence-electron chi connectivity index (χ1n) is 10.8. The summed E-state index contributed by atoms with van der Waals surface area (Å²) in [4.78, 5) is 8.06. The van der Waals surface area contributed by atoms with E-state index in [1.165, 1.54) is 11.1 Å². The van der Waals surface area contributed by atoms with Crippen molar-refractivity contribution < 1.29 is 9.32 Å². The molecule has 1 saturated carbocycles. The number of aromatic nitrogens is 1. The van der Waals surface area contributed by atoms with Gasteiger partial charge in [0.05, 0.1) is 27.8 Å². The molecule has 1 aromatic carbocycles. The van der Waals surface area contributed by atoms with Crippen LogP contribution in [0.25, 0.3) is 0 Å². The van der Waals surface area contributed by atoms with Crippen molar-refractivity contribution in [2.45, 2.75) is 55.4 Å². The predicted octanol–water partition coefficient (Wildman–Crippen LogP) is 4.18. The maximum atomic E-state index is 12.4. The van der Waals surface area contributed by atoms with E-state index in [-0.39, 0.29) is 12.1 Å². The van der Waals surface area contributed by atoms with Gasteiger partial charge < -0.3 is 15.3 Å². The molecular weight excluding hydrogens is 418 g/mol. The van der Waals surface area contributed by atoms with Crippen LogP contribution < -0.4 is 10.2 Å². The van der Waals surface area contributed by atoms with Gasteiger partial charge >= 0.3 is 0 Å². The largest absolute Gasteiger partial charge is 0.394 e. The van der Waals surface area contributed by atoms with Crippen LogP contribution in [0.5, 0.6) is 0 Å². The maximum Gasteiger partial charge on any atom is 0.145 e. The number of aryl methyl sites for hydroxylation is 2. The minimum Gasteiger partial charge on any atom is -0.394 e. The van der Waals surface area contributed by atoms with Crippen LogP contribution in [0.15, 0.2) is 35.2 Å². The second kappa shape index (κ2) is 9.25. The Morgan fingerprint density at radius 1 is 1.27 bits per heavy atom. The summed E-state index contributed by atoms with van der Waals surface area (Å²) in [5, 5.41) is 14.1. The number of benzene rings is 1. The van der Waals surface area contributed by atoms with Crippen LogP contribution in [0, 0.1) is 0 Å². The first-order chi connectivity index (χ1) is 14.5. The Morgan fingerprint density at radius 2 is 2.03 bits per heavy atom. The zero-order chi connectivity index (χ0) is 21.1. The summed E-state index contributed by atoms with van der Waals surface area (Å²) in [6.07, 6.45) is 8.72. The average molecular weight is 448 g/mol. The lowest BCUT2D eigenvalue weighted by molar-refractivity contribution is 0.143. The molecule has 2 N–H and O–H groups in total. The van der Waals surface area contributed by atoms with E-state index in [0.29, 0.717) is 5.82 Å². The van der Waals surface area contributed by atoms with E-state index >= 15 is 0 Å². The number of hydrogen-bond acceptors (Lipinski definition) is 5. The summed E-state index contributed by atoms with van der Waals surface area (Å²) in [7, 11) is -1.13. The van der Waals surface area contributed by atoms with E-state index in [2.05, 4.69) is 28.4 Å². The predicted molar refractivity (Wildman–Crippen MR) is 124 cm³/mol. The van der Waals surface area contributed by atoms with Gasteiger partial charge in [-0.3, -0.25) is 4.21 Å². The normalized spacial score (nSPS) is 18.4. The summed E-state index contributed by atoms with van der Waals surface area (Å²) in [6, 6.07) is 10.1. The molecule has 30 heavy (non-hydrogen) atoms. The minimum atomic E-state index is -1.13. The van der Waals surface area contributed by atoms with E-state index in [0.717, 1.165) is 73.8 Å². The number of rotatable bonds is 8. The van der Waals surface area contributed by atoms with E-state index in [9.17, 15) is 9.32 Å². The molecule has 5 nitrogen and oxygen atoms in total. The van der Waals surface area contributed by atoms with E-state index in [4.69, 9.17) is 16.6 Å². The van der Waals surface area contributed by atoms with Crippen LogP contribution in [0.1, 0.15) is 43.2 Å². The molecule has 0 radical (unpaired) electrons. The van der Waals surface area contributed by atoms with Crippen LogP contribution in [-0.2, 0) is 23.6 Å². The molecule has 1 atom stereocenters. The zero-order valence-corrected chi connectivity index (χ0v) is 19.1. The van der Waals surface area contributed by atoms with Gasteiger partial charge in [-0.15, -0.1) is 0 Å². The first kappa shape index (κ1) is 21.6. The molecule has 0 bridgehead atoms. The van der Waals surface area contributed by atoms with Gasteiger partial charge in [0.1, 0.15) is 11.6 Å². The van der Waals surface area contributed by atoms with Gasteiger partial charge in [0.2, 0.25) is 0 Å². The molecule has 0 spiro atoms. The molecule has 0 unspecified atom stereocenters. The highest BCUT2D eigenvalue weighted by molar-refractivity contribution is 7.84. The van der Waals surface area contributed by atoms with Crippen LogP contribution in [0.3, 0.4) is 0 Å². The number of aliphatic hydroxyl groups is 1. The fraction of sp³-hybridized carbons (Fsp3) is 0.522. The van der Waals surface area contributed by atoms with Gasteiger partial charge in [0, 0.05) is 24.4 Å². The number of pyridine rings is 1. The van der Waals surface area contributed by atoms with Crippen LogP contribution in [0.4, 0.5) is 11.6 Å². The third kappa shape index (κ3) is 4.66. The molecule has 4 rings (SSSR count). The second-order valence-corrected chi connectivity index (χ2v) is 10.3. The molecule has 2 aliphatic rings. The molecule has 162 valence electrons. The van der Waals surface area contributed by atoms with Crippen molar-refractivity contribution in [1.29, 1.82) is 0 Å². The van der Waals surface area contributed by atoms with Crippen molar-refractivity contribution in [2.75, 3.05) is 36.2 Å². The van der Waals surface area contributed by atoms with Crippen LogP contribution in [-0.4, -0.2) is 45.8 Å². The number of hydrogen-bond donors (Lipinski definition) is 2. The number of anilines is 2. The van der Waals surface area contributed by atoms with Crippen molar-refractivity contribution >= 4 is 34.0 Å². The molecule has 1 aromatic heterocycles. The molecular formula is C23H30ClN3O2S. The SMILES string of the molecule is C[S@](=O)c1cc2c(nc1NC1(CO)CCC1)N(CCCc1ccc(Cl)cc1)CCC2. The number of nitrogens with one attached hydrogen (secondary N) is 1. The summed E-state index contributed by atoms with van der Waals surface area (Å²) in [5.41, 5.74) is 2.15. The summed E-state index contributed by atoms with van der Waals surface area (Å²) in [6.45, 7) is 1.99. The lowest BCUT2D eigenvalue weighted by Gasteiger charge is -2.42. The fourth-order valence-electron chi connectivity index (χ4n) is 4.38. The van der Waals surface area contributed by atoms with Crippen molar-refractivity contribution in [3.05, 3.63) is 46.5 Å². The Kier molecular flexibility index (Phi) is 6.66. The molecule has 2 heterocycles. The van der Waals surface area contributed by atoms with Gasteiger partial charge in [0.25, 0.3) is 0 Å². The number of aliphatic hydroxyl groups excluding tert-OH is 1. The lowest BCUT2D eigenvalue weighted by Crippen LogP contribution is -2.48. The Labute approximate surface area is 186 Å². The van der Waals surface area contributed by atoms with Gasteiger partial charge in [-0.25, -0.2) is 4.98 Å². The monoisotopic (exact) mass is 447 g/mol. The second-order valence-electron chi connectivity index (χ2n) is 8.51. The van der Waals surface area contributed by atoms with Gasteiger partial charge in [0.15, 0.2) is 0 Å². The van der Waals surface area contributed by atoms with Crippen molar-refractivity contribution in [1.82, 2.24) is 4.98 Å². The smallest absolute Gasteiger partial charge is 0.145 e. The number of halogens is 1. The Balaban J connectivity index is 1.53. The highest BCUT2D eigenvalue weighted by atomic mass is 35.5. The number of nitrogens with zero attached hydrogens (tertiary/aromatic N) is 2. The quantitative estimate of drug-likeness (QED) is 0.635.